The number of nitrogens with one attached hydrogen (secondary N) is 2. The molecule has 0 saturated carbocycles. The van der Waals surface area contributed by atoms with E-state index in [1.54, 1.807) is 14.2 Å². The van der Waals surface area contributed by atoms with Crippen LogP contribution in [0.4, 0.5) is 4.79 Å². The summed E-state index contributed by atoms with van der Waals surface area (Å²) >= 11 is 0. The predicted molar refractivity (Wildman–Crippen MR) is 94.9 cm³/mol. The normalized spacial score (nSPS) is 16.4. The van der Waals surface area contributed by atoms with Gasteiger partial charge in [-0.1, -0.05) is 0 Å². The first-order chi connectivity index (χ1) is 12.1. The molecule has 1 fully saturated rings. The molecule has 7 nitrogen and oxygen atoms in total. The quantitative estimate of drug-likeness (QED) is 0.739. The molecule has 1 saturated heterocycles. The molecule has 138 valence electrons. The van der Waals surface area contributed by atoms with Gasteiger partial charge in [-0.3, -0.25) is 4.79 Å². The number of nitrogens with zero attached hydrogens (tertiary/aromatic N) is 1. The second-order valence-corrected chi connectivity index (χ2v) is 6.03. The first-order valence-electron chi connectivity index (χ1n) is 8.57. The fourth-order valence-corrected chi connectivity index (χ4v) is 3.08. The smallest absolute Gasteiger partial charge is 0.317 e. The second-order valence-electron chi connectivity index (χ2n) is 6.03. The van der Waals surface area contributed by atoms with Gasteiger partial charge in [-0.25, -0.2) is 4.79 Å². The van der Waals surface area contributed by atoms with E-state index < -0.39 is 0 Å². The summed E-state index contributed by atoms with van der Waals surface area (Å²) in [5.41, 5.74) is 0.995. The summed E-state index contributed by atoms with van der Waals surface area (Å²) in [5.74, 6) is 1.40. The Hall–Kier alpha value is -2.44. The van der Waals surface area contributed by atoms with E-state index in [0.717, 1.165) is 36.4 Å². The van der Waals surface area contributed by atoms with Crippen LogP contribution < -0.4 is 20.1 Å². The summed E-state index contributed by atoms with van der Waals surface area (Å²) in [7, 11) is 3.24. The molecule has 1 heterocycles. The summed E-state index contributed by atoms with van der Waals surface area (Å²) in [4.78, 5) is 25.2. The number of carbonyl (C=O) groups excluding carboxylic acids is 2. The molecule has 1 aliphatic heterocycles. The van der Waals surface area contributed by atoms with E-state index in [4.69, 9.17) is 9.47 Å². The van der Waals surface area contributed by atoms with Gasteiger partial charge in [-0.05, 0) is 31.4 Å². The zero-order valence-electron chi connectivity index (χ0n) is 15.1. The topological polar surface area (TPSA) is 79.9 Å². The second kappa shape index (κ2) is 9.15. The summed E-state index contributed by atoms with van der Waals surface area (Å²) in [6.07, 6.45) is 2.57. The van der Waals surface area contributed by atoms with Crippen molar-refractivity contribution in [1.29, 1.82) is 0 Å². The standard InChI is InChI=1S/C18H27N3O4/c1-13(22)19-9-5-10-20-18(23)21-11-4-6-16(21)15-8-7-14(24-2)12-17(15)25-3/h7-8,12,16H,4-6,9-11H2,1-3H3,(H,19,22)(H,20,23)/t16-/m0/s1. The third-order valence-corrected chi connectivity index (χ3v) is 4.32. The molecule has 1 atom stereocenters. The highest BCUT2D eigenvalue weighted by Crippen LogP contribution is 2.38. The largest absolute Gasteiger partial charge is 0.497 e. The maximum atomic E-state index is 12.5. The van der Waals surface area contributed by atoms with Crippen molar-refractivity contribution in [2.75, 3.05) is 33.9 Å². The maximum absolute atomic E-state index is 12.5. The lowest BCUT2D eigenvalue weighted by atomic mass is 10.0. The van der Waals surface area contributed by atoms with Gasteiger partial charge in [0, 0.05) is 38.2 Å². The number of likely N-dealkylation sites (tertiary alicyclic amines) is 1. The highest BCUT2D eigenvalue weighted by Gasteiger charge is 2.31. The van der Waals surface area contributed by atoms with Crippen molar-refractivity contribution in [3.63, 3.8) is 0 Å². The van der Waals surface area contributed by atoms with E-state index in [-0.39, 0.29) is 18.0 Å². The van der Waals surface area contributed by atoms with Crippen molar-refractivity contribution < 1.29 is 19.1 Å². The molecule has 0 aromatic heterocycles. The van der Waals surface area contributed by atoms with Crippen molar-refractivity contribution in [3.05, 3.63) is 23.8 Å². The van der Waals surface area contributed by atoms with Gasteiger partial charge in [-0.2, -0.15) is 0 Å². The SMILES string of the molecule is COc1ccc([C@@H]2CCCN2C(=O)NCCCNC(C)=O)c(OC)c1. The number of carbonyl (C=O) groups is 2. The Morgan fingerprint density at radius 3 is 2.64 bits per heavy atom. The van der Waals surface area contributed by atoms with Crippen LogP contribution in [0.15, 0.2) is 18.2 Å². The van der Waals surface area contributed by atoms with E-state index in [1.807, 2.05) is 23.1 Å². The zero-order valence-corrected chi connectivity index (χ0v) is 15.1. The number of urea groups is 1. The lowest BCUT2D eigenvalue weighted by molar-refractivity contribution is -0.118. The molecule has 0 radical (unpaired) electrons. The van der Waals surface area contributed by atoms with E-state index >= 15 is 0 Å². The maximum Gasteiger partial charge on any atom is 0.317 e. The number of hydrogen-bond acceptors (Lipinski definition) is 4. The Balaban J connectivity index is 1.97. The molecule has 25 heavy (non-hydrogen) atoms. The Morgan fingerprint density at radius 1 is 1.20 bits per heavy atom. The van der Waals surface area contributed by atoms with Gasteiger partial charge in [-0.15, -0.1) is 0 Å². The summed E-state index contributed by atoms with van der Waals surface area (Å²) in [5, 5.41) is 5.65. The molecular formula is C18H27N3O4. The van der Waals surface area contributed by atoms with Crippen LogP contribution in [0.1, 0.15) is 37.8 Å². The van der Waals surface area contributed by atoms with Crippen molar-refractivity contribution in [1.82, 2.24) is 15.5 Å². The lowest BCUT2D eigenvalue weighted by Gasteiger charge is -2.26. The molecule has 1 aromatic rings. The average molecular weight is 349 g/mol. The molecule has 0 unspecified atom stereocenters. The summed E-state index contributed by atoms with van der Waals surface area (Å²) in [6, 6.07) is 5.61. The van der Waals surface area contributed by atoms with E-state index in [2.05, 4.69) is 10.6 Å². The molecular weight excluding hydrogens is 322 g/mol. The van der Waals surface area contributed by atoms with Crippen LogP contribution >= 0.6 is 0 Å². The highest BCUT2D eigenvalue weighted by atomic mass is 16.5. The van der Waals surface area contributed by atoms with Crippen molar-refractivity contribution in [3.8, 4) is 11.5 Å². The zero-order chi connectivity index (χ0) is 18.2. The fourth-order valence-electron chi connectivity index (χ4n) is 3.08. The first kappa shape index (κ1) is 18.9. The van der Waals surface area contributed by atoms with Crippen LogP contribution in [0.25, 0.3) is 0 Å². The number of benzene rings is 1. The Kier molecular flexibility index (Phi) is 6.91. The van der Waals surface area contributed by atoms with Gasteiger partial charge in [0.2, 0.25) is 5.91 Å². The molecule has 1 aliphatic rings. The predicted octanol–water partition coefficient (Wildman–Crippen LogP) is 2.08. The molecule has 0 aliphatic carbocycles. The van der Waals surface area contributed by atoms with Crippen LogP contribution in [-0.2, 0) is 4.79 Å². The lowest BCUT2D eigenvalue weighted by Crippen LogP contribution is -2.40. The highest BCUT2D eigenvalue weighted by molar-refractivity contribution is 5.75. The van der Waals surface area contributed by atoms with Gasteiger partial charge in [0.05, 0.1) is 20.3 Å². The number of amides is 3. The first-order valence-corrected chi connectivity index (χ1v) is 8.57. The third kappa shape index (κ3) is 5.01. The monoisotopic (exact) mass is 349 g/mol. The molecule has 1 aromatic carbocycles. The van der Waals surface area contributed by atoms with Gasteiger partial charge in [0.15, 0.2) is 0 Å². The minimum absolute atomic E-state index is 0.00352. The van der Waals surface area contributed by atoms with Gasteiger partial charge >= 0.3 is 6.03 Å². The van der Waals surface area contributed by atoms with E-state index in [9.17, 15) is 9.59 Å². The number of rotatable bonds is 7. The van der Waals surface area contributed by atoms with Crippen LogP contribution in [0.3, 0.4) is 0 Å². The van der Waals surface area contributed by atoms with E-state index in [1.165, 1.54) is 6.92 Å². The van der Waals surface area contributed by atoms with Gasteiger partial charge < -0.3 is 25.0 Å². The Bertz CT molecular complexity index is 606. The van der Waals surface area contributed by atoms with Gasteiger partial charge in [0.1, 0.15) is 11.5 Å². The average Bonchev–Trinajstić information content (AvgIpc) is 3.09. The van der Waals surface area contributed by atoms with E-state index in [0.29, 0.717) is 19.5 Å². The summed E-state index contributed by atoms with van der Waals surface area (Å²) < 4.78 is 10.7. The molecule has 2 N–H and O–H groups in total. The minimum atomic E-state index is -0.0804. The molecule has 0 bridgehead atoms. The molecule has 0 spiro atoms. The molecule has 7 heteroatoms. The minimum Gasteiger partial charge on any atom is -0.497 e. The summed E-state index contributed by atoms with van der Waals surface area (Å²) in [6.45, 7) is 3.29. The third-order valence-electron chi connectivity index (χ3n) is 4.32. The van der Waals surface area contributed by atoms with Crippen molar-refractivity contribution >= 4 is 11.9 Å². The van der Waals surface area contributed by atoms with Crippen molar-refractivity contribution in [2.45, 2.75) is 32.2 Å². The Labute approximate surface area is 148 Å². The fraction of sp³-hybridized carbons (Fsp3) is 0.556. The number of methoxy groups -OCH3 is 2. The van der Waals surface area contributed by atoms with Crippen LogP contribution in [0.5, 0.6) is 11.5 Å². The molecule has 2 rings (SSSR count). The van der Waals surface area contributed by atoms with Crippen LogP contribution in [0.2, 0.25) is 0 Å². The Morgan fingerprint density at radius 2 is 1.96 bits per heavy atom. The van der Waals surface area contributed by atoms with Crippen molar-refractivity contribution in [2.24, 2.45) is 0 Å². The number of hydrogen-bond donors (Lipinski definition) is 2. The van der Waals surface area contributed by atoms with Crippen LogP contribution in [-0.4, -0.2) is 50.7 Å². The number of ether oxygens (including phenoxy) is 2. The molecule has 3 amide bonds. The van der Waals surface area contributed by atoms with Gasteiger partial charge in [0.25, 0.3) is 0 Å². The van der Waals surface area contributed by atoms with Crippen LogP contribution in [0, 0.1) is 0 Å².